The van der Waals surface area contributed by atoms with Crippen molar-refractivity contribution in [2.24, 2.45) is 4.99 Å². The Bertz CT molecular complexity index is 1240. The van der Waals surface area contributed by atoms with E-state index in [2.05, 4.69) is 43.5 Å². The fourth-order valence-corrected chi connectivity index (χ4v) is 4.25. The molecule has 3 aromatic carbocycles. The number of ether oxygens (including phenoxy) is 3. The van der Waals surface area contributed by atoms with Crippen LogP contribution in [0.1, 0.15) is 16.7 Å². The van der Waals surface area contributed by atoms with Crippen molar-refractivity contribution in [1.29, 1.82) is 0 Å². The Balaban J connectivity index is 1.59. The van der Waals surface area contributed by atoms with Gasteiger partial charge in [-0.1, -0.05) is 24.3 Å². The van der Waals surface area contributed by atoms with Crippen LogP contribution in [0.2, 0.25) is 0 Å². The first-order valence-corrected chi connectivity index (χ1v) is 11.3. The molecule has 0 saturated heterocycles. The summed E-state index contributed by atoms with van der Waals surface area (Å²) in [7, 11) is 1.54. The van der Waals surface area contributed by atoms with Crippen molar-refractivity contribution in [3.63, 3.8) is 0 Å². The summed E-state index contributed by atoms with van der Waals surface area (Å²) in [5.41, 5.74) is 2.43. The van der Waals surface area contributed by atoms with Crippen LogP contribution in [0.5, 0.6) is 11.5 Å². The molecule has 0 amide bonds. The number of nitrogens with zero attached hydrogens (tertiary/aromatic N) is 1. The largest absolute Gasteiger partial charge is 0.493 e. The minimum Gasteiger partial charge on any atom is -0.493 e. The number of aliphatic imine (C=N–C) groups is 1. The van der Waals surface area contributed by atoms with E-state index >= 15 is 0 Å². The van der Waals surface area contributed by atoms with Crippen molar-refractivity contribution in [2.75, 3.05) is 7.11 Å². The van der Waals surface area contributed by atoms with Crippen LogP contribution in [0.4, 0.5) is 4.39 Å². The summed E-state index contributed by atoms with van der Waals surface area (Å²) >= 11 is 5.58. The van der Waals surface area contributed by atoms with E-state index in [9.17, 15) is 9.18 Å². The highest BCUT2D eigenvalue weighted by molar-refractivity contribution is 14.1. The predicted molar refractivity (Wildman–Crippen MR) is 131 cm³/mol. The minimum absolute atomic E-state index is 0.189. The molecule has 0 aromatic heterocycles. The van der Waals surface area contributed by atoms with Crippen molar-refractivity contribution >= 4 is 56.5 Å². The van der Waals surface area contributed by atoms with Gasteiger partial charge < -0.3 is 14.2 Å². The molecular formula is C24H16BrFINO4. The third kappa shape index (κ3) is 5.02. The summed E-state index contributed by atoms with van der Waals surface area (Å²) in [6.07, 6.45) is 1.64. The molecule has 1 heterocycles. The van der Waals surface area contributed by atoms with Crippen molar-refractivity contribution in [2.45, 2.75) is 6.61 Å². The Morgan fingerprint density at radius 3 is 2.62 bits per heavy atom. The van der Waals surface area contributed by atoms with Crippen LogP contribution in [0.3, 0.4) is 0 Å². The maximum Gasteiger partial charge on any atom is 0.363 e. The molecule has 0 N–H and O–H groups in total. The lowest BCUT2D eigenvalue weighted by Gasteiger charge is -2.14. The van der Waals surface area contributed by atoms with Gasteiger partial charge in [-0.05, 0) is 92.1 Å². The quantitative estimate of drug-likeness (QED) is 0.192. The number of hydrogen-bond donors (Lipinski definition) is 0. The molecule has 1 aliphatic rings. The van der Waals surface area contributed by atoms with E-state index in [1.807, 2.05) is 30.3 Å². The summed E-state index contributed by atoms with van der Waals surface area (Å²) in [6, 6.07) is 17.1. The lowest BCUT2D eigenvalue weighted by atomic mass is 10.1. The smallest absolute Gasteiger partial charge is 0.363 e. The zero-order valence-corrected chi connectivity index (χ0v) is 20.5. The van der Waals surface area contributed by atoms with E-state index in [1.54, 1.807) is 31.4 Å². The van der Waals surface area contributed by atoms with E-state index in [1.165, 1.54) is 12.1 Å². The number of methoxy groups -OCH3 is 1. The molecule has 0 radical (unpaired) electrons. The summed E-state index contributed by atoms with van der Waals surface area (Å²) in [5, 5.41) is 0. The highest BCUT2D eigenvalue weighted by Gasteiger charge is 2.25. The summed E-state index contributed by atoms with van der Waals surface area (Å²) in [5.74, 6) is 0.489. The van der Waals surface area contributed by atoms with Gasteiger partial charge in [0, 0.05) is 4.47 Å². The SMILES string of the molecule is COc1cc(/C=C2\N=C(c3ccccc3Br)OC2=O)cc(I)c1OCc1ccc(F)cc1. The molecule has 8 heteroatoms. The van der Waals surface area contributed by atoms with Crippen molar-refractivity contribution < 1.29 is 23.4 Å². The first-order chi connectivity index (χ1) is 15.4. The number of carbonyl (C=O) groups excluding carboxylic acids is 1. The van der Waals surface area contributed by atoms with Crippen LogP contribution in [0.25, 0.3) is 6.08 Å². The number of rotatable bonds is 6. The molecule has 0 atom stereocenters. The minimum atomic E-state index is -0.527. The van der Waals surface area contributed by atoms with E-state index in [0.717, 1.165) is 13.6 Å². The molecule has 0 saturated carbocycles. The van der Waals surface area contributed by atoms with Gasteiger partial charge in [-0.25, -0.2) is 14.2 Å². The molecular weight excluding hydrogens is 592 g/mol. The standard InChI is InChI=1S/C24H16BrFINO4/c1-30-21-12-15(10-19(27)22(21)31-13-14-6-8-16(26)9-7-14)11-20-24(29)32-23(28-20)17-4-2-3-5-18(17)25/h2-12H,13H2,1H3/b20-11-. The zero-order valence-electron chi connectivity index (χ0n) is 16.8. The van der Waals surface area contributed by atoms with E-state index in [0.29, 0.717) is 22.6 Å². The third-order valence-corrected chi connectivity index (χ3v) is 6.07. The van der Waals surface area contributed by atoms with Crippen LogP contribution in [-0.2, 0) is 16.1 Å². The predicted octanol–water partition coefficient (Wildman–Crippen LogP) is 6.12. The second-order valence-electron chi connectivity index (χ2n) is 6.77. The maximum atomic E-state index is 13.1. The number of esters is 1. The molecule has 0 fully saturated rings. The van der Waals surface area contributed by atoms with Gasteiger partial charge in [0.1, 0.15) is 12.4 Å². The molecule has 0 aliphatic carbocycles. The number of carbonyl (C=O) groups is 1. The summed E-state index contributed by atoms with van der Waals surface area (Å²) < 4.78 is 31.4. The molecule has 0 unspecified atom stereocenters. The normalized spacial score (nSPS) is 14.3. The Morgan fingerprint density at radius 1 is 1.16 bits per heavy atom. The first kappa shape index (κ1) is 22.5. The van der Waals surface area contributed by atoms with Crippen LogP contribution in [0, 0.1) is 9.39 Å². The summed E-state index contributed by atoms with van der Waals surface area (Å²) in [4.78, 5) is 16.7. The van der Waals surface area contributed by atoms with Crippen LogP contribution >= 0.6 is 38.5 Å². The Labute approximate surface area is 206 Å². The van der Waals surface area contributed by atoms with E-state index < -0.39 is 5.97 Å². The molecule has 162 valence electrons. The van der Waals surface area contributed by atoms with Gasteiger partial charge in [-0.2, -0.15) is 0 Å². The van der Waals surface area contributed by atoms with Gasteiger partial charge in [0.05, 0.1) is 16.2 Å². The van der Waals surface area contributed by atoms with Gasteiger partial charge in [0.15, 0.2) is 17.2 Å². The molecule has 4 rings (SSSR count). The Morgan fingerprint density at radius 2 is 1.91 bits per heavy atom. The van der Waals surface area contributed by atoms with E-state index in [4.69, 9.17) is 14.2 Å². The number of benzene rings is 3. The first-order valence-electron chi connectivity index (χ1n) is 9.47. The maximum absolute atomic E-state index is 13.1. The number of halogens is 3. The van der Waals surface area contributed by atoms with Gasteiger partial charge in [-0.3, -0.25) is 0 Å². The molecule has 5 nitrogen and oxygen atoms in total. The van der Waals surface area contributed by atoms with Gasteiger partial charge >= 0.3 is 5.97 Å². The van der Waals surface area contributed by atoms with Crippen molar-refractivity contribution in [1.82, 2.24) is 0 Å². The van der Waals surface area contributed by atoms with Crippen LogP contribution in [0.15, 0.2) is 75.8 Å². The van der Waals surface area contributed by atoms with Crippen molar-refractivity contribution in [3.05, 3.63) is 96.9 Å². The summed E-state index contributed by atoms with van der Waals surface area (Å²) in [6.45, 7) is 0.263. The Hall–Kier alpha value is -2.72. The molecule has 1 aliphatic heterocycles. The monoisotopic (exact) mass is 607 g/mol. The molecule has 0 bridgehead atoms. The zero-order chi connectivity index (χ0) is 22.7. The second-order valence-corrected chi connectivity index (χ2v) is 8.78. The fourth-order valence-electron chi connectivity index (χ4n) is 3.02. The lowest BCUT2D eigenvalue weighted by Crippen LogP contribution is -2.05. The lowest BCUT2D eigenvalue weighted by molar-refractivity contribution is -0.129. The van der Waals surface area contributed by atoms with Crippen LogP contribution < -0.4 is 9.47 Å². The highest BCUT2D eigenvalue weighted by Crippen LogP contribution is 2.35. The number of hydrogen-bond acceptors (Lipinski definition) is 5. The average molecular weight is 608 g/mol. The number of cyclic esters (lactones) is 1. The third-order valence-electron chi connectivity index (χ3n) is 4.58. The van der Waals surface area contributed by atoms with Gasteiger partial charge in [-0.15, -0.1) is 0 Å². The fraction of sp³-hybridized carbons (Fsp3) is 0.0833. The topological polar surface area (TPSA) is 57.1 Å². The van der Waals surface area contributed by atoms with Crippen LogP contribution in [-0.4, -0.2) is 19.0 Å². The van der Waals surface area contributed by atoms with Crippen molar-refractivity contribution in [3.8, 4) is 11.5 Å². The molecule has 3 aromatic rings. The van der Waals surface area contributed by atoms with Gasteiger partial charge in [0.2, 0.25) is 5.90 Å². The Kier molecular flexibility index (Phi) is 6.90. The molecule has 32 heavy (non-hydrogen) atoms. The van der Waals surface area contributed by atoms with E-state index in [-0.39, 0.29) is 24.0 Å². The molecule has 0 spiro atoms. The second kappa shape index (κ2) is 9.83. The highest BCUT2D eigenvalue weighted by atomic mass is 127. The van der Waals surface area contributed by atoms with Gasteiger partial charge in [0.25, 0.3) is 0 Å². The average Bonchev–Trinajstić information content (AvgIpc) is 3.14.